The van der Waals surface area contributed by atoms with Gasteiger partial charge in [-0.15, -0.1) is 0 Å². The molecule has 1 heterocycles. The summed E-state index contributed by atoms with van der Waals surface area (Å²) in [6.07, 6.45) is 6.46. The number of rotatable bonds is 5. The molecule has 0 radical (unpaired) electrons. The Morgan fingerprint density at radius 3 is 2.52 bits per heavy atom. The van der Waals surface area contributed by atoms with Crippen molar-refractivity contribution in [1.29, 1.82) is 0 Å². The highest BCUT2D eigenvalue weighted by molar-refractivity contribution is 7.89. The zero-order chi connectivity index (χ0) is 18.8. The number of hydrogen-bond acceptors (Lipinski definition) is 4. The minimum atomic E-state index is -3.57. The topological polar surface area (TPSA) is 84.3 Å². The molecule has 2 aromatic rings. The Labute approximate surface area is 148 Å². The van der Waals surface area contributed by atoms with Crippen LogP contribution < -0.4 is 5.32 Å². The standard InChI is InChI=1S/C17H22N4O3S/c1-12-8-15(25(23,24)20(3)4)9-16(13(12)2)19-17(22)7-6-14-10-18-21(5)11-14/h6-11H,1-5H3,(H,19,22)/b7-6+. The summed E-state index contributed by atoms with van der Waals surface area (Å²) in [5.41, 5.74) is 2.88. The van der Waals surface area contributed by atoms with E-state index in [0.717, 1.165) is 21.0 Å². The van der Waals surface area contributed by atoms with Crippen molar-refractivity contribution < 1.29 is 13.2 Å². The van der Waals surface area contributed by atoms with E-state index < -0.39 is 10.0 Å². The Hall–Kier alpha value is -2.45. The molecule has 0 bridgehead atoms. The molecule has 0 unspecified atom stereocenters. The number of nitrogens with zero attached hydrogens (tertiary/aromatic N) is 3. The second-order valence-electron chi connectivity index (χ2n) is 5.97. The number of anilines is 1. The molecule has 1 aromatic carbocycles. The molecule has 134 valence electrons. The van der Waals surface area contributed by atoms with Crippen molar-refractivity contribution in [3.63, 3.8) is 0 Å². The maximum Gasteiger partial charge on any atom is 0.248 e. The van der Waals surface area contributed by atoms with Gasteiger partial charge in [0.05, 0.1) is 11.1 Å². The van der Waals surface area contributed by atoms with Gasteiger partial charge in [0.15, 0.2) is 0 Å². The Kier molecular flexibility index (Phi) is 5.44. The first-order valence-corrected chi connectivity index (χ1v) is 9.06. The second-order valence-corrected chi connectivity index (χ2v) is 8.12. The molecular formula is C17H22N4O3S. The van der Waals surface area contributed by atoms with Crippen molar-refractivity contribution in [2.24, 2.45) is 7.05 Å². The molecule has 0 fully saturated rings. The lowest BCUT2D eigenvalue weighted by Gasteiger charge is -2.16. The maximum absolute atomic E-state index is 12.3. The SMILES string of the molecule is Cc1cc(S(=O)(=O)N(C)C)cc(NC(=O)/C=C/c2cnn(C)c2)c1C. The third-order valence-corrected chi connectivity index (χ3v) is 5.62. The lowest BCUT2D eigenvalue weighted by Crippen LogP contribution is -2.22. The number of aryl methyl sites for hydroxylation is 2. The monoisotopic (exact) mass is 362 g/mol. The number of carbonyl (C=O) groups excluding carboxylic acids is 1. The van der Waals surface area contributed by atoms with Crippen LogP contribution in [0, 0.1) is 13.8 Å². The van der Waals surface area contributed by atoms with Crippen molar-refractivity contribution in [3.05, 3.63) is 47.3 Å². The van der Waals surface area contributed by atoms with Crippen LogP contribution in [0.25, 0.3) is 6.08 Å². The van der Waals surface area contributed by atoms with Gasteiger partial charge in [-0.2, -0.15) is 5.10 Å². The van der Waals surface area contributed by atoms with Gasteiger partial charge in [0, 0.05) is 44.7 Å². The van der Waals surface area contributed by atoms with Crippen molar-refractivity contribution in [2.45, 2.75) is 18.7 Å². The molecule has 25 heavy (non-hydrogen) atoms. The van der Waals surface area contributed by atoms with Gasteiger partial charge in [-0.25, -0.2) is 12.7 Å². The van der Waals surface area contributed by atoms with E-state index in [2.05, 4.69) is 10.4 Å². The molecule has 0 aliphatic heterocycles. The van der Waals surface area contributed by atoms with E-state index >= 15 is 0 Å². The quantitative estimate of drug-likeness (QED) is 0.824. The summed E-state index contributed by atoms with van der Waals surface area (Å²) in [6.45, 7) is 3.65. The van der Waals surface area contributed by atoms with Gasteiger partial charge in [-0.3, -0.25) is 9.48 Å². The molecule has 1 amide bonds. The smallest absolute Gasteiger partial charge is 0.248 e. The molecule has 0 atom stereocenters. The van der Waals surface area contributed by atoms with Gasteiger partial charge in [0.25, 0.3) is 0 Å². The third-order valence-electron chi connectivity index (χ3n) is 3.83. The number of amides is 1. The predicted molar refractivity (Wildman–Crippen MR) is 97.7 cm³/mol. The van der Waals surface area contributed by atoms with Gasteiger partial charge in [0.1, 0.15) is 0 Å². The Balaban J connectivity index is 2.28. The van der Waals surface area contributed by atoms with E-state index in [4.69, 9.17) is 0 Å². The molecule has 7 nitrogen and oxygen atoms in total. The lowest BCUT2D eigenvalue weighted by molar-refractivity contribution is -0.111. The van der Waals surface area contributed by atoms with Gasteiger partial charge in [-0.05, 0) is 43.2 Å². The maximum atomic E-state index is 12.3. The summed E-state index contributed by atoms with van der Waals surface area (Å²) < 4.78 is 27.5. The van der Waals surface area contributed by atoms with E-state index in [1.807, 2.05) is 13.8 Å². The second kappa shape index (κ2) is 7.20. The fourth-order valence-corrected chi connectivity index (χ4v) is 3.20. The average molecular weight is 362 g/mol. The number of aromatic nitrogens is 2. The van der Waals surface area contributed by atoms with E-state index in [9.17, 15) is 13.2 Å². The molecule has 0 saturated heterocycles. The van der Waals surface area contributed by atoms with Crippen molar-refractivity contribution in [2.75, 3.05) is 19.4 Å². The molecule has 1 aromatic heterocycles. The zero-order valence-corrected chi connectivity index (χ0v) is 15.8. The zero-order valence-electron chi connectivity index (χ0n) is 14.9. The summed E-state index contributed by atoms with van der Waals surface area (Å²) in [6, 6.07) is 3.08. The van der Waals surface area contributed by atoms with E-state index in [1.54, 1.807) is 36.3 Å². The number of benzene rings is 1. The third kappa shape index (κ3) is 4.34. The summed E-state index contributed by atoms with van der Waals surface area (Å²) in [4.78, 5) is 12.3. The molecule has 0 aliphatic rings. The minimum absolute atomic E-state index is 0.145. The molecule has 2 rings (SSSR count). The molecular weight excluding hydrogens is 340 g/mol. The summed E-state index contributed by atoms with van der Waals surface area (Å²) in [7, 11) is 1.16. The Bertz CT molecular complexity index is 927. The first-order chi connectivity index (χ1) is 11.6. The summed E-state index contributed by atoms with van der Waals surface area (Å²) in [5, 5.41) is 6.77. The van der Waals surface area contributed by atoms with E-state index in [-0.39, 0.29) is 10.8 Å². The van der Waals surface area contributed by atoms with Crippen LogP contribution in [0.2, 0.25) is 0 Å². The largest absolute Gasteiger partial charge is 0.322 e. The summed E-state index contributed by atoms with van der Waals surface area (Å²) in [5.74, 6) is -0.342. The highest BCUT2D eigenvalue weighted by atomic mass is 32.2. The highest BCUT2D eigenvalue weighted by Crippen LogP contribution is 2.25. The van der Waals surface area contributed by atoms with Crippen molar-refractivity contribution in [3.8, 4) is 0 Å². The Morgan fingerprint density at radius 1 is 1.28 bits per heavy atom. The van der Waals surface area contributed by atoms with Crippen LogP contribution in [0.5, 0.6) is 0 Å². The highest BCUT2D eigenvalue weighted by Gasteiger charge is 2.19. The van der Waals surface area contributed by atoms with Crippen LogP contribution >= 0.6 is 0 Å². The number of hydrogen-bond donors (Lipinski definition) is 1. The first-order valence-electron chi connectivity index (χ1n) is 7.62. The predicted octanol–water partition coefficient (Wildman–Crippen LogP) is 1.94. The molecule has 0 spiro atoms. The normalized spacial score (nSPS) is 12.1. The number of nitrogens with one attached hydrogen (secondary N) is 1. The number of sulfonamides is 1. The van der Waals surface area contributed by atoms with Crippen LogP contribution in [-0.4, -0.2) is 42.5 Å². The van der Waals surface area contributed by atoms with E-state index in [0.29, 0.717) is 5.69 Å². The first kappa shape index (κ1) is 18.9. The molecule has 8 heteroatoms. The molecule has 1 N–H and O–H groups in total. The molecule has 0 aliphatic carbocycles. The van der Waals surface area contributed by atoms with Crippen LogP contribution in [0.15, 0.2) is 35.5 Å². The van der Waals surface area contributed by atoms with Gasteiger partial charge in [0.2, 0.25) is 15.9 Å². The van der Waals surface area contributed by atoms with Crippen molar-refractivity contribution >= 4 is 27.7 Å². The fraction of sp³-hybridized carbons (Fsp3) is 0.294. The lowest BCUT2D eigenvalue weighted by atomic mass is 10.1. The summed E-state index contributed by atoms with van der Waals surface area (Å²) >= 11 is 0. The fourth-order valence-electron chi connectivity index (χ4n) is 2.19. The van der Waals surface area contributed by atoms with Crippen LogP contribution in [0.3, 0.4) is 0 Å². The minimum Gasteiger partial charge on any atom is -0.322 e. The van der Waals surface area contributed by atoms with Gasteiger partial charge >= 0.3 is 0 Å². The van der Waals surface area contributed by atoms with Crippen molar-refractivity contribution in [1.82, 2.24) is 14.1 Å². The van der Waals surface area contributed by atoms with E-state index in [1.165, 1.54) is 26.2 Å². The van der Waals surface area contributed by atoms with Crippen LogP contribution in [0.1, 0.15) is 16.7 Å². The number of carbonyl (C=O) groups is 1. The molecule has 0 saturated carbocycles. The van der Waals surface area contributed by atoms with Gasteiger partial charge in [-0.1, -0.05) is 0 Å². The average Bonchev–Trinajstić information content (AvgIpc) is 2.95. The Morgan fingerprint density at radius 2 is 1.96 bits per heavy atom. The van der Waals surface area contributed by atoms with Crippen LogP contribution in [-0.2, 0) is 21.9 Å². The van der Waals surface area contributed by atoms with Gasteiger partial charge < -0.3 is 5.32 Å². The van der Waals surface area contributed by atoms with Crippen LogP contribution in [0.4, 0.5) is 5.69 Å².